The first kappa shape index (κ1) is 17.6. The van der Waals surface area contributed by atoms with E-state index in [0.29, 0.717) is 44.5 Å². The van der Waals surface area contributed by atoms with Crippen LogP contribution in [0.25, 0.3) is 0 Å². The molecular weight excluding hydrogens is 304 g/mol. The number of hydrogen-bond donors (Lipinski definition) is 0. The number of Topliss-reactive ketones (excluding diaryl/α,β-unsaturated/α-hetero) is 1. The molecule has 3 rings (SSSR count). The summed E-state index contributed by atoms with van der Waals surface area (Å²) in [6, 6.07) is 10.3. The van der Waals surface area contributed by atoms with Crippen molar-refractivity contribution in [2.24, 2.45) is 11.3 Å². The second-order valence-electron chi connectivity index (χ2n) is 7.25. The molecule has 0 radical (unpaired) electrons. The monoisotopic (exact) mass is 332 g/mol. The van der Waals surface area contributed by atoms with Crippen LogP contribution in [-0.4, -0.2) is 32.4 Å². The van der Waals surface area contributed by atoms with E-state index in [-0.39, 0.29) is 11.5 Å². The highest BCUT2D eigenvalue weighted by Crippen LogP contribution is 2.50. The minimum absolute atomic E-state index is 0.138. The Balaban J connectivity index is 1.58. The fourth-order valence-corrected chi connectivity index (χ4v) is 4.26. The number of carbonyl (C=O) groups is 1. The van der Waals surface area contributed by atoms with Gasteiger partial charge in [-0.1, -0.05) is 30.3 Å². The molecule has 0 spiro atoms. The van der Waals surface area contributed by atoms with Crippen molar-refractivity contribution in [2.45, 2.75) is 51.2 Å². The molecule has 1 aromatic rings. The SMILES string of the molecule is COCOC[C@@]12CCC(=O)C[C@H]1C[C@@H](OCc1ccccc1)CC2. The van der Waals surface area contributed by atoms with E-state index in [1.807, 2.05) is 18.2 Å². The van der Waals surface area contributed by atoms with Gasteiger partial charge in [0.2, 0.25) is 0 Å². The minimum Gasteiger partial charge on any atom is -0.374 e. The van der Waals surface area contributed by atoms with Crippen LogP contribution >= 0.6 is 0 Å². The number of benzene rings is 1. The second kappa shape index (κ2) is 8.24. The Kier molecular flexibility index (Phi) is 6.04. The molecule has 0 unspecified atom stereocenters. The summed E-state index contributed by atoms with van der Waals surface area (Å²) in [5, 5.41) is 0. The highest BCUT2D eigenvalue weighted by Gasteiger charge is 2.47. The lowest BCUT2D eigenvalue weighted by molar-refractivity contribution is -0.142. The zero-order valence-corrected chi connectivity index (χ0v) is 14.5. The van der Waals surface area contributed by atoms with Crippen LogP contribution in [0.5, 0.6) is 0 Å². The van der Waals surface area contributed by atoms with Gasteiger partial charge in [0.05, 0.1) is 19.3 Å². The number of hydrogen-bond acceptors (Lipinski definition) is 4. The number of carbonyl (C=O) groups excluding carboxylic acids is 1. The number of methoxy groups -OCH3 is 1. The van der Waals surface area contributed by atoms with E-state index in [0.717, 1.165) is 25.7 Å². The molecule has 2 aliphatic carbocycles. The minimum atomic E-state index is 0.138. The number of ether oxygens (including phenoxy) is 3. The maximum absolute atomic E-state index is 12.0. The van der Waals surface area contributed by atoms with Gasteiger partial charge in [-0.15, -0.1) is 0 Å². The zero-order chi connectivity index (χ0) is 16.8. The van der Waals surface area contributed by atoms with Gasteiger partial charge in [-0.2, -0.15) is 0 Å². The third kappa shape index (κ3) is 4.24. The van der Waals surface area contributed by atoms with Crippen LogP contribution in [0.1, 0.15) is 44.1 Å². The van der Waals surface area contributed by atoms with Crippen LogP contribution in [0.3, 0.4) is 0 Å². The zero-order valence-electron chi connectivity index (χ0n) is 14.5. The van der Waals surface area contributed by atoms with Gasteiger partial charge in [0, 0.05) is 20.0 Å². The van der Waals surface area contributed by atoms with E-state index in [2.05, 4.69) is 12.1 Å². The summed E-state index contributed by atoms with van der Waals surface area (Å²) in [7, 11) is 1.65. The Hall–Kier alpha value is -1.23. The summed E-state index contributed by atoms with van der Waals surface area (Å²) >= 11 is 0. The predicted molar refractivity (Wildman–Crippen MR) is 91.5 cm³/mol. The first-order valence-corrected chi connectivity index (χ1v) is 8.96. The van der Waals surface area contributed by atoms with Crippen LogP contribution < -0.4 is 0 Å². The van der Waals surface area contributed by atoms with Gasteiger partial charge in [-0.05, 0) is 42.6 Å². The third-order valence-corrected chi connectivity index (χ3v) is 5.67. The molecule has 0 N–H and O–H groups in total. The maximum Gasteiger partial charge on any atom is 0.146 e. The van der Waals surface area contributed by atoms with Crippen LogP contribution in [0.15, 0.2) is 30.3 Å². The predicted octanol–water partition coefficient (Wildman–Crippen LogP) is 3.73. The van der Waals surface area contributed by atoms with Gasteiger partial charge in [-0.25, -0.2) is 0 Å². The van der Waals surface area contributed by atoms with E-state index < -0.39 is 0 Å². The molecule has 4 nitrogen and oxygen atoms in total. The summed E-state index contributed by atoms with van der Waals surface area (Å²) < 4.78 is 16.9. The second-order valence-corrected chi connectivity index (χ2v) is 7.25. The molecule has 24 heavy (non-hydrogen) atoms. The van der Waals surface area contributed by atoms with Crippen molar-refractivity contribution in [2.75, 3.05) is 20.5 Å². The Labute approximate surface area is 144 Å². The quantitative estimate of drug-likeness (QED) is 0.564. The van der Waals surface area contributed by atoms with Crippen LogP contribution in [-0.2, 0) is 25.6 Å². The molecule has 2 aliphatic rings. The average Bonchev–Trinajstić information content (AvgIpc) is 2.61. The molecule has 132 valence electrons. The van der Waals surface area contributed by atoms with Gasteiger partial charge in [0.25, 0.3) is 0 Å². The van der Waals surface area contributed by atoms with Crippen LogP contribution in [0.4, 0.5) is 0 Å². The molecule has 0 amide bonds. The van der Waals surface area contributed by atoms with Crippen molar-refractivity contribution in [3.63, 3.8) is 0 Å². The Morgan fingerprint density at radius 3 is 2.83 bits per heavy atom. The third-order valence-electron chi connectivity index (χ3n) is 5.67. The highest BCUT2D eigenvalue weighted by molar-refractivity contribution is 5.79. The van der Waals surface area contributed by atoms with Gasteiger partial charge >= 0.3 is 0 Å². The van der Waals surface area contributed by atoms with E-state index in [1.165, 1.54) is 5.56 Å². The van der Waals surface area contributed by atoms with Crippen molar-refractivity contribution < 1.29 is 19.0 Å². The maximum atomic E-state index is 12.0. The molecule has 0 bridgehead atoms. The fraction of sp³-hybridized carbons (Fsp3) is 0.650. The van der Waals surface area contributed by atoms with Crippen molar-refractivity contribution in [3.8, 4) is 0 Å². The molecule has 0 aromatic heterocycles. The molecule has 2 fully saturated rings. The molecule has 0 saturated heterocycles. The summed E-state index contributed by atoms with van der Waals surface area (Å²) in [4.78, 5) is 12.0. The molecule has 0 aliphatic heterocycles. The molecule has 4 heteroatoms. The van der Waals surface area contributed by atoms with E-state index in [4.69, 9.17) is 14.2 Å². The molecule has 3 atom stereocenters. The molecule has 2 saturated carbocycles. The molecule has 1 aromatic carbocycles. The van der Waals surface area contributed by atoms with E-state index >= 15 is 0 Å². The summed E-state index contributed by atoms with van der Waals surface area (Å²) in [6.07, 6.45) is 5.67. The normalized spacial score (nSPS) is 30.1. The fourth-order valence-electron chi connectivity index (χ4n) is 4.26. The number of ketones is 1. The van der Waals surface area contributed by atoms with Crippen molar-refractivity contribution >= 4 is 5.78 Å². The van der Waals surface area contributed by atoms with Crippen LogP contribution in [0.2, 0.25) is 0 Å². The van der Waals surface area contributed by atoms with Gasteiger partial charge < -0.3 is 14.2 Å². The van der Waals surface area contributed by atoms with Crippen molar-refractivity contribution in [1.29, 1.82) is 0 Å². The highest BCUT2D eigenvalue weighted by atomic mass is 16.7. The first-order chi connectivity index (χ1) is 11.7. The Morgan fingerprint density at radius 1 is 1.21 bits per heavy atom. The van der Waals surface area contributed by atoms with Gasteiger partial charge in [-0.3, -0.25) is 4.79 Å². The summed E-state index contributed by atoms with van der Waals surface area (Å²) in [6.45, 7) is 1.68. The lowest BCUT2D eigenvalue weighted by Gasteiger charge is -2.48. The molecular formula is C20H28O4. The first-order valence-electron chi connectivity index (χ1n) is 8.96. The number of rotatable bonds is 7. The Bertz CT molecular complexity index is 530. The average molecular weight is 332 g/mol. The largest absolute Gasteiger partial charge is 0.374 e. The van der Waals surface area contributed by atoms with Gasteiger partial charge in [0.15, 0.2) is 0 Å². The lowest BCUT2D eigenvalue weighted by Crippen LogP contribution is -2.46. The van der Waals surface area contributed by atoms with Gasteiger partial charge in [0.1, 0.15) is 12.6 Å². The summed E-state index contributed by atoms with van der Waals surface area (Å²) in [5.41, 5.74) is 1.34. The van der Waals surface area contributed by atoms with Crippen molar-refractivity contribution in [3.05, 3.63) is 35.9 Å². The standard InChI is InChI=1S/C20H28O4/c1-22-15-23-14-20-9-7-18(21)11-17(20)12-19(8-10-20)24-13-16-5-3-2-4-6-16/h2-6,17,19H,7-15H2,1H3/t17-,19-,20-/m0/s1. The summed E-state index contributed by atoms with van der Waals surface area (Å²) in [5.74, 6) is 0.774. The Morgan fingerprint density at radius 2 is 2.04 bits per heavy atom. The topological polar surface area (TPSA) is 44.8 Å². The lowest BCUT2D eigenvalue weighted by atomic mass is 9.59. The van der Waals surface area contributed by atoms with E-state index in [9.17, 15) is 4.79 Å². The number of fused-ring (bicyclic) bond motifs is 1. The molecule has 0 heterocycles. The van der Waals surface area contributed by atoms with Crippen LogP contribution in [0, 0.1) is 11.3 Å². The smallest absolute Gasteiger partial charge is 0.146 e. The van der Waals surface area contributed by atoms with E-state index in [1.54, 1.807) is 7.11 Å². The van der Waals surface area contributed by atoms with Crippen molar-refractivity contribution in [1.82, 2.24) is 0 Å².